The maximum atomic E-state index is 11.7. The molecular formula is C11H22N2O2. The van der Waals surface area contributed by atoms with Crippen molar-refractivity contribution in [2.75, 3.05) is 6.61 Å². The summed E-state index contributed by atoms with van der Waals surface area (Å²) in [4.78, 5) is 11.7. The zero-order valence-electron chi connectivity index (χ0n) is 9.62. The molecule has 1 aliphatic rings. The molecule has 0 bridgehead atoms. The number of rotatable bonds is 3. The average Bonchev–Trinajstić information content (AvgIpc) is 2.21. The molecule has 0 unspecified atom stereocenters. The van der Waals surface area contributed by atoms with Crippen molar-refractivity contribution in [1.29, 1.82) is 0 Å². The monoisotopic (exact) mass is 214 g/mol. The van der Waals surface area contributed by atoms with Crippen LogP contribution in [0.15, 0.2) is 0 Å². The lowest BCUT2D eigenvalue weighted by molar-refractivity contribution is -0.132. The first kappa shape index (κ1) is 12.5. The van der Waals surface area contributed by atoms with Crippen molar-refractivity contribution in [1.82, 2.24) is 5.32 Å². The van der Waals surface area contributed by atoms with Crippen LogP contribution in [0.25, 0.3) is 0 Å². The van der Waals surface area contributed by atoms with Gasteiger partial charge in [0.15, 0.2) is 0 Å². The van der Waals surface area contributed by atoms with E-state index in [4.69, 9.17) is 10.8 Å². The normalized spacial score (nSPS) is 27.5. The Hall–Kier alpha value is -0.610. The van der Waals surface area contributed by atoms with Gasteiger partial charge in [0.1, 0.15) is 0 Å². The fourth-order valence-electron chi connectivity index (χ4n) is 1.72. The second-order valence-electron chi connectivity index (χ2n) is 5.13. The van der Waals surface area contributed by atoms with Crippen molar-refractivity contribution in [3.63, 3.8) is 0 Å². The van der Waals surface area contributed by atoms with Crippen LogP contribution in [0.1, 0.15) is 39.5 Å². The summed E-state index contributed by atoms with van der Waals surface area (Å²) in [7, 11) is 0. The first-order valence-electron chi connectivity index (χ1n) is 5.63. The van der Waals surface area contributed by atoms with Gasteiger partial charge in [-0.2, -0.15) is 0 Å². The van der Waals surface area contributed by atoms with Gasteiger partial charge in [-0.05, 0) is 39.5 Å². The Morgan fingerprint density at radius 3 is 2.40 bits per heavy atom. The number of hydrogen-bond acceptors (Lipinski definition) is 3. The molecule has 0 aromatic carbocycles. The molecule has 15 heavy (non-hydrogen) atoms. The van der Waals surface area contributed by atoms with E-state index in [0.717, 1.165) is 25.7 Å². The van der Waals surface area contributed by atoms with Crippen LogP contribution in [0.5, 0.6) is 0 Å². The van der Waals surface area contributed by atoms with Crippen molar-refractivity contribution in [2.24, 2.45) is 11.1 Å². The highest BCUT2D eigenvalue weighted by atomic mass is 16.3. The van der Waals surface area contributed by atoms with Gasteiger partial charge in [0.25, 0.3) is 0 Å². The van der Waals surface area contributed by atoms with E-state index in [-0.39, 0.29) is 18.6 Å². The SMILES string of the molecule is CC(C)(CO)C(=O)NC1CCC(N)CC1. The molecule has 88 valence electrons. The predicted molar refractivity (Wildman–Crippen MR) is 59.2 cm³/mol. The third-order valence-electron chi connectivity index (χ3n) is 3.12. The van der Waals surface area contributed by atoms with E-state index in [9.17, 15) is 4.79 Å². The Balaban J connectivity index is 2.39. The fraction of sp³-hybridized carbons (Fsp3) is 0.909. The van der Waals surface area contributed by atoms with Crippen LogP contribution in [-0.4, -0.2) is 29.7 Å². The maximum absolute atomic E-state index is 11.7. The van der Waals surface area contributed by atoms with Crippen LogP contribution < -0.4 is 11.1 Å². The van der Waals surface area contributed by atoms with Crippen LogP contribution >= 0.6 is 0 Å². The maximum Gasteiger partial charge on any atom is 0.228 e. The van der Waals surface area contributed by atoms with Crippen LogP contribution in [0.2, 0.25) is 0 Å². The first-order valence-corrected chi connectivity index (χ1v) is 5.63. The van der Waals surface area contributed by atoms with E-state index in [1.165, 1.54) is 0 Å². The van der Waals surface area contributed by atoms with E-state index >= 15 is 0 Å². The number of carbonyl (C=O) groups excluding carboxylic acids is 1. The Labute approximate surface area is 91.2 Å². The lowest BCUT2D eigenvalue weighted by Crippen LogP contribution is -2.46. The highest BCUT2D eigenvalue weighted by Crippen LogP contribution is 2.19. The summed E-state index contributed by atoms with van der Waals surface area (Å²) >= 11 is 0. The standard InChI is InChI=1S/C11H22N2O2/c1-11(2,7-14)10(15)13-9-5-3-8(12)4-6-9/h8-9,14H,3-7,12H2,1-2H3,(H,13,15). The zero-order valence-corrected chi connectivity index (χ0v) is 9.62. The number of carbonyl (C=O) groups is 1. The predicted octanol–water partition coefficient (Wildman–Crippen LogP) is 0.391. The Bertz CT molecular complexity index is 221. The molecule has 1 rings (SSSR count). The number of nitrogens with two attached hydrogens (primary N) is 1. The molecule has 1 amide bonds. The molecule has 1 saturated carbocycles. The molecule has 0 atom stereocenters. The Kier molecular flexibility index (Phi) is 4.11. The second-order valence-corrected chi connectivity index (χ2v) is 5.13. The molecule has 1 aliphatic carbocycles. The lowest BCUT2D eigenvalue weighted by atomic mass is 9.89. The van der Waals surface area contributed by atoms with Crippen LogP contribution in [0.4, 0.5) is 0 Å². The van der Waals surface area contributed by atoms with Gasteiger partial charge in [0, 0.05) is 12.1 Å². The minimum atomic E-state index is -0.681. The molecule has 0 heterocycles. The average molecular weight is 214 g/mol. The van der Waals surface area contributed by atoms with E-state index in [1.54, 1.807) is 13.8 Å². The third kappa shape index (κ3) is 3.47. The van der Waals surface area contributed by atoms with Gasteiger partial charge in [0.05, 0.1) is 12.0 Å². The molecule has 0 aromatic heterocycles. The third-order valence-corrected chi connectivity index (χ3v) is 3.12. The summed E-state index contributed by atoms with van der Waals surface area (Å²) in [5.74, 6) is -0.0644. The van der Waals surface area contributed by atoms with E-state index in [1.807, 2.05) is 0 Å². The molecule has 0 radical (unpaired) electrons. The van der Waals surface area contributed by atoms with Gasteiger partial charge in [-0.15, -0.1) is 0 Å². The number of amides is 1. The van der Waals surface area contributed by atoms with Crippen molar-refractivity contribution >= 4 is 5.91 Å². The summed E-state index contributed by atoms with van der Waals surface area (Å²) in [6, 6.07) is 0.534. The second kappa shape index (κ2) is 4.94. The molecular weight excluding hydrogens is 192 g/mol. The molecule has 4 heteroatoms. The van der Waals surface area contributed by atoms with Crippen molar-refractivity contribution in [2.45, 2.75) is 51.6 Å². The summed E-state index contributed by atoms with van der Waals surface area (Å²) in [6.07, 6.45) is 3.86. The van der Waals surface area contributed by atoms with Gasteiger partial charge < -0.3 is 16.2 Å². The largest absolute Gasteiger partial charge is 0.395 e. The van der Waals surface area contributed by atoms with Gasteiger partial charge in [-0.25, -0.2) is 0 Å². The van der Waals surface area contributed by atoms with Crippen molar-refractivity contribution in [3.05, 3.63) is 0 Å². The van der Waals surface area contributed by atoms with Gasteiger partial charge in [0.2, 0.25) is 5.91 Å². The minimum absolute atomic E-state index is 0.0644. The quantitative estimate of drug-likeness (QED) is 0.636. The van der Waals surface area contributed by atoms with Gasteiger partial charge in [-0.3, -0.25) is 4.79 Å². The first-order chi connectivity index (χ1) is 6.95. The van der Waals surface area contributed by atoms with E-state index in [2.05, 4.69) is 5.32 Å². The molecule has 0 spiro atoms. The molecule has 1 fully saturated rings. The topological polar surface area (TPSA) is 75.3 Å². The van der Waals surface area contributed by atoms with Crippen LogP contribution in [0, 0.1) is 5.41 Å². The lowest BCUT2D eigenvalue weighted by Gasteiger charge is -2.30. The number of hydrogen-bond donors (Lipinski definition) is 3. The summed E-state index contributed by atoms with van der Waals surface area (Å²) in [6.45, 7) is 3.37. The molecule has 4 N–H and O–H groups in total. The molecule has 0 saturated heterocycles. The summed E-state index contributed by atoms with van der Waals surface area (Å²) < 4.78 is 0. The van der Waals surface area contributed by atoms with Gasteiger partial charge in [-0.1, -0.05) is 0 Å². The van der Waals surface area contributed by atoms with E-state index < -0.39 is 5.41 Å². The highest BCUT2D eigenvalue weighted by molar-refractivity contribution is 5.82. The van der Waals surface area contributed by atoms with Crippen LogP contribution in [-0.2, 0) is 4.79 Å². The molecule has 4 nitrogen and oxygen atoms in total. The molecule has 0 aliphatic heterocycles. The number of aliphatic hydroxyl groups excluding tert-OH is 1. The van der Waals surface area contributed by atoms with Crippen molar-refractivity contribution < 1.29 is 9.90 Å². The zero-order chi connectivity index (χ0) is 11.5. The number of nitrogens with one attached hydrogen (secondary N) is 1. The van der Waals surface area contributed by atoms with Crippen LogP contribution in [0.3, 0.4) is 0 Å². The molecule has 0 aromatic rings. The van der Waals surface area contributed by atoms with Gasteiger partial charge >= 0.3 is 0 Å². The Morgan fingerprint density at radius 2 is 1.93 bits per heavy atom. The Morgan fingerprint density at radius 1 is 1.40 bits per heavy atom. The minimum Gasteiger partial charge on any atom is -0.395 e. The summed E-state index contributed by atoms with van der Waals surface area (Å²) in [5, 5.41) is 12.0. The van der Waals surface area contributed by atoms with Crippen molar-refractivity contribution in [3.8, 4) is 0 Å². The van der Waals surface area contributed by atoms with E-state index in [0.29, 0.717) is 6.04 Å². The smallest absolute Gasteiger partial charge is 0.228 e. The number of aliphatic hydroxyl groups is 1. The summed E-state index contributed by atoms with van der Waals surface area (Å²) in [5.41, 5.74) is 5.11. The fourth-order valence-corrected chi connectivity index (χ4v) is 1.72. The highest BCUT2D eigenvalue weighted by Gasteiger charge is 2.29.